The van der Waals surface area contributed by atoms with E-state index in [2.05, 4.69) is 43.3 Å². The van der Waals surface area contributed by atoms with E-state index in [0.717, 1.165) is 12.2 Å². The molecule has 0 amide bonds. The fourth-order valence-corrected chi connectivity index (χ4v) is 4.00. The van der Waals surface area contributed by atoms with E-state index in [1.165, 1.54) is 21.6 Å². The van der Waals surface area contributed by atoms with E-state index >= 15 is 0 Å². The van der Waals surface area contributed by atoms with Crippen LogP contribution in [0.25, 0.3) is 0 Å². The Bertz CT molecular complexity index is 626. The van der Waals surface area contributed by atoms with E-state index in [1.807, 2.05) is 17.8 Å². The van der Waals surface area contributed by atoms with E-state index in [1.54, 1.807) is 7.11 Å². The van der Waals surface area contributed by atoms with Gasteiger partial charge in [0.05, 0.1) is 7.11 Å². The van der Waals surface area contributed by atoms with Crippen molar-refractivity contribution in [3.8, 4) is 5.75 Å². The summed E-state index contributed by atoms with van der Waals surface area (Å²) in [7, 11) is 1.70. The highest BCUT2D eigenvalue weighted by Crippen LogP contribution is 2.42. The number of aryl methyl sites for hydroxylation is 1. The number of rotatable bonds is 3. The number of hydrogen-bond acceptors (Lipinski definition) is 3. The molecule has 0 aromatic heterocycles. The van der Waals surface area contributed by atoms with Gasteiger partial charge in [0.15, 0.2) is 0 Å². The quantitative estimate of drug-likeness (QED) is 0.933. The van der Waals surface area contributed by atoms with Crippen molar-refractivity contribution in [3.63, 3.8) is 0 Å². The van der Waals surface area contributed by atoms with Gasteiger partial charge in [0, 0.05) is 16.2 Å². The van der Waals surface area contributed by atoms with Crippen LogP contribution in [0.15, 0.2) is 47.4 Å². The van der Waals surface area contributed by atoms with Gasteiger partial charge in [0.2, 0.25) is 0 Å². The molecule has 0 saturated heterocycles. The molecule has 104 valence electrons. The lowest BCUT2D eigenvalue weighted by Crippen LogP contribution is -2.19. The summed E-state index contributed by atoms with van der Waals surface area (Å²) in [6.07, 6.45) is 1.03. The van der Waals surface area contributed by atoms with E-state index in [0.29, 0.717) is 5.25 Å². The first-order valence-electron chi connectivity index (χ1n) is 6.83. The molecule has 1 aliphatic carbocycles. The standard InChI is InChI=1S/C17H19NOS/c1-11-5-3-4-6-15(11)20-16-9-12-7-8-13(19-2)10-14(12)17(16)18/h3-8,10,16-17H,9,18H2,1-2H3. The lowest BCUT2D eigenvalue weighted by molar-refractivity contribution is 0.414. The van der Waals surface area contributed by atoms with Gasteiger partial charge in [0.25, 0.3) is 0 Å². The Hall–Kier alpha value is -1.45. The van der Waals surface area contributed by atoms with Crippen LogP contribution in [-0.2, 0) is 6.42 Å². The molecule has 2 atom stereocenters. The molecule has 2 nitrogen and oxygen atoms in total. The third-order valence-corrected chi connectivity index (χ3v) is 5.38. The van der Waals surface area contributed by atoms with Gasteiger partial charge in [-0.3, -0.25) is 0 Å². The molecule has 3 rings (SSSR count). The summed E-state index contributed by atoms with van der Waals surface area (Å²) in [5, 5.41) is 0.401. The van der Waals surface area contributed by atoms with Gasteiger partial charge in [-0.2, -0.15) is 0 Å². The largest absolute Gasteiger partial charge is 0.497 e. The Balaban J connectivity index is 1.83. The highest BCUT2D eigenvalue weighted by Gasteiger charge is 2.31. The van der Waals surface area contributed by atoms with Crippen molar-refractivity contribution in [3.05, 3.63) is 59.2 Å². The molecular formula is C17H19NOS. The van der Waals surface area contributed by atoms with E-state index in [-0.39, 0.29) is 6.04 Å². The van der Waals surface area contributed by atoms with Crippen molar-refractivity contribution in [1.29, 1.82) is 0 Å². The maximum atomic E-state index is 6.44. The molecule has 0 radical (unpaired) electrons. The fourth-order valence-electron chi connectivity index (χ4n) is 2.71. The number of methoxy groups -OCH3 is 1. The van der Waals surface area contributed by atoms with Crippen LogP contribution in [0.5, 0.6) is 5.75 Å². The van der Waals surface area contributed by atoms with Gasteiger partial charge in [-0.25, -0.2) is 0 Å². The molecule has 0 bridgehead atoms. The minimum absolute atomic E-state index is 0.0738. The van der Waals surface area contributed by atoms with Crippen LogP contribution < -0.4 is 10.5 Å². The molecule has 0 heterocycles. The molecule has 2 aromatic carbocycles. The van der Waals surface area contributed by atoms with Crippen LogP contribution in [0, 0.1) is 6.92 Å². The second kappa shape index (κ2) is 5.51. The van der Waals surface area contributed by atoms with Crippen LogP contribution in [-0.4, -0.2) is 12.4 Å². The van der Waals surface area contributed by atoms with Gasteiger partial charge in [-0.1, -0.05) is 24.3 Å². The molecule has 1 aliphatic rings. The molecule has 2 unspecified atom stereocenters. The molecule has 0 aliphatic heterocycles. The Kier molecular flexibility index (Phi) is 3.72. The zero-order valence-corrected chi connectivity index (χ0v) is 12.6. The fraction of sp³-hybridized carbons (Fsp3) is 0.294. The smallest absolute Gasteiger partial charge is 0.119 e. The van der Waals surface area contributed by atoms with E-state index in [4.69, 9.17) is 10.5 Å². The molecule has 2 N–H and O–H groups in total. The third kappa shape index (κ3) is 2.43. The summed E-state index contributed by atoms with van der Waals surface area (Å²) in [5.41, 5.74) is 10.3. The van der Waals surface area contributed by atoms with Crippen molar-refractivity contribution < 1.29 is 4.74 Å². The average molecular weight is 285 g/mol. The monoisotopic (exact) mass is 285 g/mol. The zero-order valence-electron chi connectivity index (χ0n) is 11.8. The lowest BCUT2D eigenvalue weighted by atomic mass is 10.1. The zero-order chi connectivity index (χ0) is 14.1. The van der Waals surface area contributed by atoms with E-state index < -0.39 is 0 Å². The Morgan fingerprint density at radius 2 is 2.00 bits per heavy atom. The van der Waals surface area contributed by atoms with Crippen LogP contribution in [0.2, 0.25) is 0 Å². The highest BCUT2D eigenvalue weighted by atomic mass is 32.2. The molecular weight excluding hydrogens is 266 g/mol. The molecule has 2 aromatic rings. The lowest BCUT2D eigenvalue weighted by Gasteiger charge is -2.17. The summed E-state index contributed by atoms with van der Waals surface area (Å²) < 4.78 is 5.30. The summed E-state index contributed by atoms with van der Waals surface area (Å²) in [4.78, 5) is 1.33. The summed E-state index contributed by atoms with van der Waals surface area (Å²) in [6, 6.07) is 14.8. The first-order chi connectivity index (χ1) is 9.69. The SMILES string of the molecule is COc1ccc2c(c1)C(N)C(Sc1ccccc1C)C2. The maximum absolute atomic E-state index is 6.44. The first-order valence-corrected chi connectivity index (χ1v) is 7.71. The molecule has 20 heavy (non-hydrogen) atoms. The van der Waals surface area contributed by atoms with Crippen molar-refractivity contribution >= 4 is 11.8 Å². The van der Waals surface area contributed by atoms with Gasteiger partial charge in [-0.05, 0) is 48.2 Å². The van der Waals surface area contributed by atoms with Crippen molar-refractivity contribution in [1.82, 2.24) is 0 Å². The van der Waals surface area contributed by atoms with Crippen LogP contribution in [0.4, 0.5) is 0 Å². The van der Waals surface area contributed by atoms with E-state index in [9.17, 15) is 0 Å². The second-order valence-corrected chi connectivity index (χ2v) is 6.50. The van der Waals surface area contributed by atoms with Gasteiger partial charge < -0.3 is 10.5 Å². The first kappa shape index (κ1) is 13.5. The van der Waals surface area contributed by atoms with Crippen molar-refractivity contribution in [2.24, 2.45) is 5.73 Å². The Labute approximate surface area is 124 Å². The van der Waals surface area contributed by atoms with Gasteiger partial charge >= 0.3 is 0 Å². The van der Waals surface area contributed by atoms with Gasteiger partial charge in [0.1, 0.15) is 5.75 Å². The molecule has 0 saturated carbocycles. The van der Waals surface area contributed by atoms with Crippen molar-refractivity contribution in [2.75, 3.05) is 7.11 Å². The summed E-state index contributed by atoms with van der Waals surface area (Å²) >= 11 is 1.89. The Morgan fingerprint density at radius 3 is 2.75 bits per heavy atom. The minimum atomic E-state index is 0.0738. The van der Waals surface area contributed by atoms with Crippen LogP contribution in [0.3, 0.4) is 0 Å². The normalized spacial score (nSPS) is 20.8. The number of ether oxygens (including phenoxy) is 1. The van der Waals surface area contributed by atoms with Crippen molar-refractivity contribution in [2.45, 2.75) is 29.5 Å². The number of hydrogen-bond donors (Lipinski definition) is 1. The maximum Gasteiger partial charge on any atom is 0.119 e. The third-order valence-electron chi connectivity index (χ3n) is 3.91. The van der Waals surface area contributed by atoms with Crippen LogP contribution in [0.1, 0.15) is 22.7 Å². The Morgan fingerprint density at radius 1 is 1.20 bits per heavy atom. The molecule has 0 fully saturated rings. The summed E-state index contributed by atoms with van der Waals surface area (Å²) in [6.45, 7) is 2.15. The predicted molar refractivity (Wildman–Crippen MR) is 84.5 cm³/mol. The predicted octanol–water partition coefficient (Wildman–Crippen LogP) is 3.72. The number of fused-ring (bicyclic) bond motifs is 1. The topological polar surface area (TPSA) is 35.2 Å². The average Bonchev–Trinajstić information content (AvgIpc) is 2.77. The second-order valence-electron chi connectivity index (χ2n) is 5.22. The molecule has 3 heteroatoms. The van der Waals surface area contributed by atoms with Crippen LogP contribution >= 0.6 is 11.8 Å². The summed E-state index contributed by atoms with van der Waals surface area (Å²) in [5.74, 6) is 0.890. The van der Waals surface area contributed by atoms with Gasteiger partial charge in [-0.15, -0.1) is 11.8 Å². The highest BCUT2D eigenvalue weighted by molar-refractivity contribution is 8.00. The number of thioether (sulfide) groups is 1. The number of benzene rings is 2. The number of nitrogens with two attached hydrogens (primary N) is 1. The molecule has 0 spiro atoms. The minimum Gasteiger partial charge on any atom is -0.497 e.